The maximum absolute atomic E-state index is 10.4. The van der Waals surface area contributed by atoms with E-state index in [0.717, 1.165) is 34.6 Å². The fraction of sp³-hybridized carbons (Fsp3) is 1.00. The van der Waals surface area contributed by atoms with Gasteiger partial charge in [-0.1, -0.05) is 0 Å². The molecule has 0 bridgehead atoms. The Morgan fingerprint density at radius 1 is 1.05 bits per heavy atom. The Bertz CT molecular complexity index is 311. The summed E-state index contributed by atoms with van der Waals surface area (Å²) in [6, 6.07) is 0. The molecule has 0 radical (unpaired) electrons. The first-order valence-corrected chi connectivity index (χ1v) is 14.7. The van der Waals surface area contributed by atoms with Crippen LogP contribution in [0.2, 0.25) is 8.87 Å². The number of aliphatic hydroxyl groups excluding tert-OH is 1. The van der Waals surface area contributed by atoms with E-state index in [2.05, 4.69) is 13.8 Å². The average Bonchev–Trinajstić information content (AvgIpc) is 2.87. The Hall–Kier alpha value is 0.599. The number of unbranched alkanes of at least 4 members (excludes halogenated alkanes) is 2. The van der Waals surface area contributed by atoms with Gasteiger partial charge in [0.1, 0.15) is 0 Å². The maximum atomic E-state index is 10.4. The topological polar surface area (TPSA) is 57.2 Å². The van der Waals surface area contributed by atoms with E-state index < -0.39 is 31.6 Å². The molecule has 124 valence electrons. The third-order valence-electron chi connectivity index (χ3n) is 4.51. The van der Waals surface area contributed by atoms with E-state index in [9.17, 15) is 5.11 Å². The molecule has 0 amide bonds. The van der Waals surface area contributed by atoms with Crippen LogP contribution in [0, 0.1) is 0 Å². The molecule has 2 aliphatic heterocycles. The van der Waals surface area contributed by atoms with Gasteiger partial charge in [-0.15, -0.1) is 0 Å². The molecule has 0 spiro atoms. The van der Waals surface area contributed by atoms with Gasteiger partial charge in [0.25, 0.3) is 0 Å². The molecule has 0 aromatic carbocycles. The van der Waals surface area contributed by atoms with E-state index in [1.165, 1.54) is 0 Å². The number of methoxy groups -OCH3 is 1. The van der Waals surface area contributed by atoms with Gasteiger partial charge in [0.15, 0.2) is 0 Å². The van der Waals surface area contributed by atoms with Crippen molar-refractivity contribution in [2.24, 2.45) is 0 Å². The molecule has 0 unspecified atom stereocenters. The Balaban J connectivity index is 2.14. The van der Waals surface area contributed by atoms with Crippen LogP contribution in [0.1, 0.15) is 46.5 Å². The quantitative estimate of drug-likeness (QED) is 0.656. The average molecular weight is 409 g/mol. The van der Waals surface area contributed by atoms with Crippen LogP contribution in [0.3, 0.4) is 0 Å². The second-order valence-corrected chi connectivity index (χ2v) is 15.6. The molecule has 2 aliphatic rings. The molecule has 1 N–H and O–H groups in total. The third-order valence-corrected chi connectivity index (χ3v) is 14.9. The van der Waals surface area contributed by atoms with Gasteiger partial charge in [0.2, 0.25) is 0 Å². The molecule has 2 fully saturated rings. The number of rotatable bonds is 7. The molecule has 5 atom stereocenters. The first-order valence-electron chi connectivity index (χ1n) is 8.29. The zero-order valence-electron chi connectivity index (χ0n) is 13.7. The summed E-state index contributed by atoms with van der Waals surface area (Å²) in [4.78, 5) is 0. The first kappa shape index (κ1) is 17.9. The molecular weight excluding hydrogens is 379 g/mol. The number of ether oxygens (including phenoxy) is 2. The fourth-order valence-electron chi connectivity index (χ4n) is 3.21. The molecule has 2 heterocycles. The van der Waals surface area contributed by atoms with Gasteiger partial charge in [0.05, 0.1) is 0 Å². The minimum absolute atomic E-state index is 0.259. The van der Waals surface area contributed by atoms with Crippen LogP contribution >= 0.6 is 0 Å². The number of hydrogen-bond donors (Lipinski definition) is 1. The van der Waals surface area contributed by atoms with Crippen LogP contribution in [0.4, 0.5) is 0 Å². The van der Waals surface area contributed by atoms with E-state index in [1.54, 1.807) is 7.11 Å². The zero-order chi connectivity index (χ0) is 15.5. The molecule has 6 heteroatoms. The molecule has 0 saturated carbocycles. The van der Waals surface area contributed by atoms with Crippen LogP contribution in [-0.4, -0.2) is 62.1 Å². The summed E-state index contributed by atoms with van der Waals surface area (Å²) in [5, 5.41) is 10.4. The molecule has 0 aliphatic carbocycles. The molecule has 2 rings (SSSR count). The summed E-state index contributed by atoms with van der Waals surface area (Å²) in [5.41, 5.74) is 0. The van der Waals surface area contributed by atoms with Crippen molar-refractivity contribution < 1.29 is 20.7 Å². The van der Waals surface area contributed by atoms with Crippen LogP contribution in [0.15, 0.2) is 0 Å². The van der Waals surface area contributed by atoms with Crippen molar-refractivity contribution in [3.05, 3.63) is 0 Å². The first-order chi connectivity index (χ1) is 10.1. The van der Waals surface area contributed by atoms with Crippen LogP contribution in [0.25, 0.3) is 0 Å². The summed E-state index contributed by atoms with van der Waals surface area (Å²) < 4.78 is 26.2. The van der Waals surface area contributed by atoms with Gasteiger partial charge in [-0.25, -0.2) is 0 Å². The van der Waals surface area contributed by atoms with Gasteiger partial charge in [0, 0.05) is 0 Å². The predicted molar refractivity (Wildman–Crippen MR) is 82.3 cm³/mol. The van der Waals surface area contributed by atoms with Gasteiger partial charge in [-0.05, 0) is 0 Å². The van der Waals surface area contributed by atoms with Crippen molar-refractivity contribution in [2.75, 3.05) is 7.11 Å². The SMILES string of the molecule is CCC[CH2][Sn]1([CH2]CCC)[O][C@@H]2[C@@H](O)[C@H](C)O[C@@H](OC)[C@@H]2[O]1. The van der Waals surface area contributed by atoms with Crippen molar-refractivity contribution in [2.45, 2.75) is 86.0 Å². The summed E-state index contributed by atoms with van der Waals surface area (Å²) in [5.74, 6) is 0. The second kappa shape index (κ2) is 7.92. The Kier molecular flexibility index (Phi) is 6.77. The van der Waals surface area contributed by atoms with Gasteiger partial charge in [-0.2, -0.15) is 0 Å². The summed E-state index contributed by atoms with van der Waals surface area (Å²) >= 11 is -3.10. The molecular formula is C15H30O5Sn. The van der Waals surface area contributed by atoms with Gasteiger partial charge < -0.3 is 0 Å². The fourth-order valence-corrected chi connectivity index (χ4v) is 14.8. The van der Waals surface area contributed by atoms with Crippen LogP contribution in [0.5, 0.6) is 0 Å². The van der Waals surface area contributed by atoms with E-state index >= 15 is 0 Å². The zero-order valence-corrected chi connectivity index (χ0v) is 16.6. The Morgan fingerprint density at radius 2 is 1.62 bits per heavy atom. The van der Waals surface area contributed by atoms with Gasteiger partial charge in [-0.3, -0.25) is 0 Å². The normalized spacial score (nSPS) is 38.4. The number of aliphatic hydroxyl groups is 1. The summed E-state index contributed by atoms with van der Waals surface area (Å²) in [6.07, 6.45) is 2.73. The number of fused-ring (bicyclic) bond motifs is 1. The number of hydrogen-bond acceptors (Lipinski definition) is 5. The molecule has 2 saturated heterocycles. The Labute approximate surface area is 133 Å². The van der Waals surface area contributed by atoms with Crippen molar-refractivity contribution in [3.8, 4) is 0 Å². The minimum atomic E-state index is -3.10. The van der Waals surface area contributed by atoms with E-state index in [4.69, 9.17) is 15.6 Å². The van der Waals surface area contributed by atoms with Crippen molar-refractivity contribution >= 4 is 19.2 Å². The van der Waals surface area contributed by atoms with Crippen LogP contribution in [-0.2, 0) is 15.6 Å². The third kappa shape index (κ3) is 3.93. The van der Waals surface area contributed by atoms with E-state index in [1.807, 2.05) is 6.92 Å². The van der Waals surface area contributed by atoms with E-state index in [-0.39, 0.29) is 18.3 Å². The van der Waals surface area contributed by atoms with E-state index in [0.29, 0.717) is 0 Å². The molecule has 0 aromatic heterocycles. The molecule has 21 heavy (non-hydrogen) atoms. The predicted octanol–water partition coefficient (Wildman–Crippen LogP) is 2.56. The molecule has 5 nitrogen and oxygen atoms in total. The second-order valence-electron chi connectivity index (χ2n) is 6.22. The van der Waals surface area contributed by atoms with Crippen LogP contribution < -0.4 is 0 Å². The van der Waals surface area contributed by atoms with Gasteiger partial charge >= 0.3 is 133 Å². The van der Waals surface area contributed by atoms with Crippen molar-refractivity contribution in [1.29, 1.82) is 0 Å². The van der Waals surface area contributed by atoms with Crippen molar-refractivity contribution in [3.63, 3.8) is 0 Å². The standard InChI is InChI=1S/C7H12O5.2C4H9.Sn/c1-3-4(8)5(9)6(10)7(11-2)12-3;2*1-3-4-2;/h3-8H,1-2H3;2*1,3-4H2,2H3;/q-2;;;+2/t3-,4-,5+,6+,7+;;;/m0.../s1. The van der Waals surface area contributed by atoms with Crippen molar-refractivity contribution in [1.82, 2.24) is 0 Å². The Morgan fingerprint density at radius 3 is 2.14 bits per heavy atom. The monoisotopic (exact) mass is 410 g/mol. The summed E-state index contributed by atoms with van der Waals surface area (Å²) in [6.45, 7) is 6.25. The summed E-state index contributed by atoms with van der Waals surface area (Å²) in [7, 11) is 1.63. The molecule has 0 aromatic rings.